The average Bonchev–Trinajstić information content (AvgIpc) is 2.74. The average molecular weight is 419 g/mol. The highest BCUT2D eigenvalue weighted by molar-refractivity contribution is 7.98. The van der Waals surface area contributed by atoms with Gasteiger partial charge in [-0.3, -0.25) is 4.79 Å². The van der Waals surface area contributed by atoms with Crippen molar-refractivity contribution in [2.24, 2.45) is 0 Å². The number of carbonyl (C=O) groups excluding carboxylic acids is 1. The van der Waals surface area contributed by atoms with Crippen molar-refractivity contribution in [2.45, 2.75) is 38.0 Å². The second kappa shape index (κ2) is 9.91. The fourth-order valence-corrected chi connectivity index (χ4v) is 3.52. The first kappa shape index (κ1) is 21.4. The zero-order valence-electron chi connectivity index (χ0n) is 16.9. The van der Waals surface area contributed by atoms with E-state index in [0.717, 1.165) is 10.6 Å². The van der Waals surface area contributed by atoms with Crippen molar-refractivity contribution in [3.63, 3.8) is 0 Å². The Morgan fingerprint density at radius 3 is 2.59 bits per heavy atom. The molecule has 0 atom stereocenters. The summed E-state index contributed by atoms with van der Waals surface area (Å²) in [6.45, 7) is 5.28. The number of amides is 2. The number of urea groups is 1. The molecule has 156 valence electrons. The van der Waals surface area contributed by atoms with E-state index < -0.39 is 6.29 Å². The van der Waals surface area contributed by atoms with Crippen LogP contribution in [-0.4, -0.2) is 46.9 Å². The highest BCUT2D eigenvalue weighted by Crippen LogP contribution is 2.21. The second-order valence-corrected chi connectivity index (χ2v) is 7.33. The Morgan fingerprint density at radius 2 is 1.97 bits per heavy atom. The van der Waals surface area contributed by atoms with Gasteiger partial charge < -0.3 is 24.7 Å². The molecule has 0 spiro atoms. The summed E-state index contributed by atoms with van der Waals surface area (Å²) < 4.78 is 11.1. The normalized spacial score (nSPS) is 13.4. The highest BCUT2D eigenvalue weighted by Gasteiger charge is 2.26. The van der Waals surface area contributed by atoms with E-state index in [4.69, 9.17) is 9.47 Å². The molecule has 1 aliphatic rings. The summed E-state index contributed by atoms with van der Waals surface area (Å²) in [6, 6.07) is 7.40. The maximum atomic E-state index is 12.6. The molecule has 0 bridgehead atoms. The van der Waals surface area contributed by atoms with Gasteiger partial charge in [0.25, 0.3) is 5.56 Å². The Morgan fingerprint density at radius 1 is 1.28 bits per heavy atom. The van der Waals surface area contributed by atoms with Crippen LogP contribution in [0, 0.1) is 0 Å². The predicted octanol–water partition coefficient (Wildman–Crippen LogP) is 3.15. The van der Waals surface area contributed by atoms with Crippen LogP contribution in [0.1, 0.15) is 37.2 Å². The molecular formula is C20H26N4O4S. The lowest BCUT2D eigenvalue weighted by Crippen LogP contribution is -2.42. The van der Waals surface area contributed by atoms with Crippen LogP contribution in [0.4, 0.5) is 10.5 Å². The van der Waals surface area contributed by atoms with E-state index in [1.807, 2.05) is 44.4 Å². The number of hydrogen-bond donors (Lipinski definition) is 2. The van der Waals surface area contributed by atoms with E-state index in [1.54, 1.807) is 16.7 Å². The van der Waals surface area contributed by atoms with Crippen molar-refractivity contribution in [3.05, 3.63) is 51.7 Å². The molecule has 8 nitrogen and oxygen atoms in total. The Labute approximate surface area is 174 Å². The molecule has 2 amide bonds. The van der Waals surface area contributed by atoms with Crippen LogP contribution in [0.5, 0.6) is 0 Å². The monoisotopic (exact) mass is 418 g/mol. The largest absolute Gasteiger partial charge is 0.346 e. The van der Waals surface area contributed by atoms with Gasteiger partial charge in [-0.1, -0.05) is 0 Å². The topological polar surface area (TPSA) is 96.6 Å². The number of carbonyl (C=O) groups is 1. The van der Waals surface area contributed by atoms with Crippen molar-refractivity contribution in [3.8, 4) is 0 Å². The lowest BCUT2D eigenvalue weighted by atomic mass is 10.1. The van der Waals surface area contributed by atoms with Crippen molar-refractivity contribution >= 4 is 23.5 Å². The Hall–Kier alpha value is -2.36. The number of nitrogens with one attached hydrogen (secondary N) is 2. The summed E-state index contributed by atoms with van der Waals surface area (Å²) in [4.78, 5) is 35.3. The fourth-order valence-electron chi connectivity index (χ4n) is 3.11. The lowest BCUT2D eigenvalue weighted by molar-refractivity contribution is -0.145. The first-order valence-electron chi connectivity index (χ1n) is 9.60. The number of benzene rings is 1. The Bertz CT molecular complexity index is 894. The maximum Gasteiger partial charge on any atom is 0.322 e. The molecule has 0 aliphatic carbocycles. The van der Waals surface area contributed by atoms with Gasteiger partial charge in [0.1, 0.15) is 0 Å². The number of H-pyrrole nitrogens is 1. The van der Waals surface area contributed by atoms with Gasteiger partial charge in [-0.05, 0) is 44.4 Å². The van der Waals surface area contributed by atoms with Gasteiger partial charge in [-0.15, -0.1) is 11.8 Å². The van der Waals surface area contributed by atoms with Gasteiger partial charge in [0.2, 0.25) is 6.29 Å². The van der Waals surface area contributed by atoms with Gasteiger partial charge in [-0.25, -0.2) is 9.78 Å². The number of nitrogens with zero attached hydrogens (tertiary/aromatic N) is 2. The van der Waals surface area contributed by atoms with Gasteiger partial charge in [-0.2, -0.15) is 0 Å². The number of ether oxygens (including phenoxy) is 2. The van der Waals surface area contributed by atoms with Crippen molar-refractivity contribution < 1.29 is 14.3 Å². The molecule has 29 heavy (non-hydrogen) atoms. The predicted molar refractivity (Wildman–Crippen MR) is 112 cm³/mol. The van der Waals surface area contributed by atoms with Crippen molar-refractivity contribution in [2.75, 3.05) is 31.3 Å². The molecule has 2 N–H and O–H groups in total. The minimum absolute atomic E-state index is 0.209. The number of rotatable bonds is 7. The van der Waals surface area contributed by atoms with E-state index in [1.165, 1.54) is 0 Å². The Kier molecular flexibility index (Phi) is 7.29. The van der Waals surface area contributed by atoms with Crippen LogP contribution < -0.4 is 10.9 Å². The fraction of sp³-hybridized carbons (Fsp3) is 0.450. The number of anilines is 1. The molecule has 1 aliphatic heterocycles. The van der Waals surface area contributed by atoms with E-state index in [2.05, 4.69) is 15.3 Å². The van der Waals surface area contributed by atoms with E-state index in [-0.39, 0.29) is 18.1 Å². The molecule has 0 unspecified atom stereocenters. The maximum absolute atomic E-state index is 12.6. The summed E-state index contributed by atoms with van der Waals surface area (Å²) >= 11 is 1.64. The molecule has 0 saturated carbocycles. The summed E-state index contributed by atoms with van der Waals surface area (Å²) in [5, 5.41) is 2.88. The molecular weight excluding hydrogens is 392 g/mol. The molecule has 2 heterocycles. The van der Waals surface area contributed by atoms with Gasteiger partial charge in [0.15, 0.2) is 5.82 Å². The molecule has 0 saturated heterocycles. The highest BCUT2D eigenvalue weighted by atomic mass is 32.2. The van der Waals surface area contributed by atoms with E-state index in [0.29, 0.717) is 43.3 Å². The zero-order chi connectivity index (χ0) is 20.8. The smallest absolute Gasteiger partial charge is 0.322 e. The summed E-state index contributed by atoms with van der Waals surface area (Å²) in [6.07, 6.45) is 1.80. The summed E-state index contributed by atoms with van der Waals surface area (Å²) in [5.41, 5.74) is 1.63. The van der Waals surface area contributed by atoms with Crippen LogP contribution in [0.25, 0.3) is 0 Å². The van der Waals surface area contributed by atoms with E-state index in [9.17, 15) is 9.59 Å². The quantitative estimate of drug-likeness (QED) is 0.530. The molecule has 1 aromatic carbocycles. The first-order valence-corrected chi connectivity index (χ1v) is 10.8. The SMILES string of the molecule is CCOC(OCC)c1nc2c(c(=O)[nH]1)CN(C(=O)Nc1ccc(SC)cc1)CC2. The summed E-state index contributed by atoms with van der Waals surface area (Å²) in [7, 11) is 0. The number of thioether (sulfide) groups is 1. The van der Waals surface area contributed by atoms with E-state index >= 15 is 0 Å². The minimum Gasteiger partial charge on any atom is -0.346 e. The number of fused-ring (bicyclic) bond motifs is 1. The number of aromatic amines is 1. The number of aromatic nitrogens is 2. The van der Waals surface area contributed by atoms with Gasteiger partial charge in [0.05, 0.1) is 17.8 Å². The van der Waals surface area contributed by atoms with Gasteiger partial charge in [0, 0.05) is 36.8 Å². The minimum atomic E-state index is -0.700. The third-order valence-electron chi connectivity index (χ3n) is 4.57. The zero-order valence-corrected chi connectivity index (χ0v) is 17.7. The van der Waals surface area contributed by atoms with Crippen LogP contribution >= 0.6 is 11.8 Å². The van der Waals surface area contributed by atoms with Gasteiger partial charge >= 0.3 is 6.03 Å². The molecule has 0 radical (unpaired) electrons. The van der Waals surface area contributed by atoms with Crippen molar-refractivity contribution in [1.82, 2.24) is 14.9 Å². The molecule has 9 heteroatoms. The summed E-state index contributed by atoms with van der Waals surface area (Å²) in [5.74, 6) is 0.365. The second-order valence-electron chi connectivity index (χ2n) is 6.45. The molecule has 1 aromatic heterocycles. The van der Waals surface area contributed by atoms with Crippen LogP contribution in [0.3, 0.4) is 0 Å². The van der Waals surface area contributed by atoms with Crippen molar-refractivity contribution in [1.29, 1.82) is 0 Å². The van der Waals surface area contributed by atoms with Crippen LogP contribution in [-0.2, 0) is 22.4 Å². The Balaban J connectivity index is 1.73. The third kappa shape index (κ3) is 5.17. The van der Waals surface area contributed by atoms with Crippen LogP contribution in [0.15, 0.2) is 34.0 Å². The molecule has 2 aromatic rings. The standard InChI is InChI=1S/C20H26N4O4S/c1-4-27-19(28-5-2)17-22-16-10-11-24(12-15(16)18(25)23-17)20(26)21-13-6-8-14(29-3)9-7-13/h6-9,19H,4-5,10-12H2,1-3H3,(H,21,26)(H,22,23,25). The third-order valence-corrected chi connectivity index (χ3v) is 5.32. The first-order chi connectivity index (χ1) is 14.0. The lowest BCUT2D eigenvalue weighted by Gasteiger charge is -2.28. The number of hydrogen-bond acceptors (Lipinski definition) is 6. The molecule has 3 rings (SSSR count). The van der Waals surface area contributed by atoms with Crippen LogP contribution in [0.2, 0.25) is 0 Å². The molecule has 0 fully saturated rings.